The van der Waals surface area contributed by atoms with E-state index < -0.39 is 45.4 Å². The quantitative estimate of drug-likeness (QED) is 0.450. The minimum absolute atomic E-state index is 0.889. The van der Waals surface area contributed by atoms with E-state index in [1.165, 1.54) is 0 Å². The molecule has 0 aliphatic heterocycles. The van der Waals surface area contributed by atoms with Crippen molar-refractivity contribution in [2.45, 2.75) is 74.2 Å². The summed E-state index contributed by atoms with van der Waals surface area (Å²) in [6.07, 6.45) is 0. The number of hydrogen-bond donors (Lipinski definition) is 0. The number of hydrogen-bond acceptors (Lipinski definition) is 0. The second kappa shape index (κ2) is 4.84. The molecule has 0 aliphatic carbocycles. The molecule has 0 aromatic heterocycles. The molecule has 0 fully saturated rings. The molecule has 0 radical (unpaired) electrons. The zero-order chi connectivity index (χ0) is 14.5. The SMILES string of the molecule is C[Si](C)(C)[C]([Si](C)(C)C)([Si](C)(C)C)[Pb]([CH3])([CH3])[CH3]. The molecule has 0 heterocycles. The van der Waals surface area contributed by atoms with Gasteiger partial charge < -0.3 is 0 Å². The van der Waals surface area contributed by atoms with Crippen molar-refractivity contribution >= 4 is 45.4 Å². The Morgan fingerprint density at radius 2 is 0.706 bits per heavy atom. The fourth-order valence-electron chi connectivity index (χ4n) is 6.75. The van der Waals surface area contributed by atoms with Gasteiger partial charge in [-0.15, -0.1) is 0 Å². The summed E-state index contributed by atoms with van der Waals surface area (Å²) in [5.41, 5.74) is 0. The molecule has 0 bridgehead atoms. The molecule has 4 heteroatoms. The monoisotopic (exact) mass is 484 g/mol. The molecule has 0 rings (SSSR count). The summed E-state index contributed by atoms with van der Waals surface area (Å²) < 4.78 is 9.10. The molecule has 104 valence electrons. The van der Waals surface area contributed by atoms with E-state index in [2.05, 4.69) is 72.4 Å². The van der Waals surface area contributed by atoms with Gasteiger partial charge in [0.1, 0.15) is 0 Å². The van der Waals surface area contributed by atoms with E-state index in [1.54, 1.807) is 0 Å². The van der Waals surface area contributed by atoms with Gasteiger partial charge in [-0.3, -0.25) is 0 Å². The molecule has 0 spiro atoms. The van der Waals surface area contributed by atoms with E-state index in [0.29, 0.717) is 0 Å². The summed E-state index contributed by atoms with van der Waals surface area (Å²) in [4.78, 5) is 0. The first kappa shape index (κ1) is 18.6. The third-order valence-corrected chi connectivity index (χ3v) is 79.5. The third-order valence-electron chi connectivity index (χ3n) is 4.50. The van der Waals surface area contributed by atoms with Gasteiger partial charge in [0.2, 0.25) is 0 Å². The maximum atomic E-state index is 2.74. The molecule has 0 saturated carbocycles. The van der Waals surface area contributed by atoms with Crippen LogP contribution in [-0.2, 0) is 0 Å². The molecular weight excluding hydrogens is 448 g/mol. The first-order chi connectivity index (χ1) is 7.00. The van der Waals surface area contributed by atoms with Crippen LogP contribution in [0.5, 0.6) is 0 Å². The topological polar surface area (TPSA) is 0 Å². The van der Waals surface area contributed by atoms with Crippen LogP contribution in [0.25, 0.3) is 0 Å². The van der Waals surface area contributed by atoms with Crippen LogP contribution >= 0.6 is 0 Å². The van der Waals surface area contributed by atoms with Crippen LogP contribution in [0.1, 0.15) is 0 Å². The van der Waals surface area contributed by atoms with E-state index in [1.807, 2.05) is 0 Å². The molecular formula is C13H36PbSi3. The van der Waals surface area contributed by atoms with E-state index in [9.17, 15) is 0 Å². The molecule has 0 N–H and O–H groups in total. The van der Waals surface area contributed by atoms with Crippen molar-refractivity contribution in [2.24, 2.45) is 0 Å². The minimum atomic E-state index is -2.12. The fraction of sp³-hybridized carbons (Fsp3) is 1.00. The number of rotatable bonds is 4. The standard InChI is InChI=1S/C10H27Si3.3CH3.Pb/c1-11(2,3)10(12(4,5)6)13(7,8)9;;;;/h1-9H3;3*1H3;. The predicted octanol–water partition coefficient (Wildman–Crippen LogP) is 5.70. The van der Waals surface area contributed by atoms with Crippen LogP contribution in [0.4, 0.5) is 0 Å². The maximum absolute atomic E-state index is 2.74. The summed E-state index contributed by atoms with van der Waals surface area (Å²) in [6, 6.07) is 0. The van der Waals surface area contributed by atoms with Gasteiger partial charge in [0.05, 0.1) is 0 Å². The first-order valence-corrected chi connectivity index (χ1v) is 31.1. The van der Waals surface area contributed by atoms with Crippen LogP contribution in [0.2, 0.25) is 74.2 Å². The van der Waals surface area contributed by atoms with E-state index >= 15 is 0 Å². The van der Waals surface area contributed by atoms with Gasteiger partial charge in [-0.1, -0.05) is 0 Å². The summed E-state index contributed by atoms with van der Waals surface area (Å²) in [6.45, 7) is 24.1. The van der Waals surface area contributed by atoms with Crippen LogP contribution < -0.4 is 0 Å². The van der Waals surface area contributed by atoms with Gasteiger partial charge in [0.15, 0.2) is 0 Å². The zero-order valence-electron chi connectivity index (χ0n) is 14.5. The molecule has 0 aliphatic rings. The van der Waals surface area contributed by atoms with Crippen LogP contribution in [0, 0.1) is 0 Å². The van der Waals surface area contributed by atoms with E-state index in [0.717, 1.165) is 1.84 Å². The second-order valence-corrected chi connectivity index (χ2v) is 53.2. The Bertz CT molecular complexity index is 209. The van der Waals surface area contributed by atoms with E-state index in [-0.39, 0.29) is 0 Å². The van der Waals surface area contributed by atoms with Crippen LogP contribution in [-0.4, -0.2) is 45.4 Å². The molecule has 0 atom stereocenters. The summed E-state index contributed by atoms with van der Waals surface area (Å²) >= 11 is -2.12. The normalized spacial score (nSPS) is 16.2. The van der Waals surface area contributed by atoms with Gasteiger partial charge in [-0.25, -0.2) is 0 Å². The molecule has 0 aromatic carbocycles. The second-order valence-electron chi connectivity index (χ2n) is 9.75. The van der Waals surface area contributed by atoms with Gasteiger partial charge in [0.25, 0.3) is 0 Å². The summed E-state index contributed by atoms with van der Waals surface area (Å²) in [5, 5.41) is 0. The average molecular weight is 484 g/mol. The van der Waals surface area contributed by atoms with Crippen molar-refractivity contribution in [1.29, 1.82) is 0 Å². The van der Waals surface area contributed by atoms with Crippen molar-refractivity contribution in [1.82, 2.24) is 0 Å². The Hall–Kier alpha value is 1.57. The third kappa shape index (κ3) is 3.02. The molecule has 0 amide bonds. The van der Waals surface area contributed by atoms with Gasteiger partial charge in [0, 0.05) is 0 Å². The van der Waals surface area contributed by atoms with Crippen molar-refractivity contribution in [3.8, 4) is 0 Å². The van der Waals surface area contributed by atoms with Crippen LogP contribution in [0.3, 0.4) is 0 Å². The Balaban J connectivity index is 6.37. The zero-order valence-corrected chi connectivity index (χ0v) is 21.4. The van der Waals surface area contributed by atoms with Crippen molar-refractivity contribution in [3.63, 3.8) is 0 Å². The Morgan fingerprint density at radius 1 is 0.529 bits per heavy atom. The molecule has 0 nitrogen and oxygen atoms in total. The van der Waals surface area contributed by atoms with Gasteiger partial charge in [-0.05, 0) is 0 Å². The Labute approximate surface area is 119 Å². The molecule has 17 heavy (non-hydrogen) atoms. The van der Waals surface area contributed by atoms with Crippen molar-refractivity contribution < 1.29 is 0 Å². The van der Waals surface area contributed by atoms with Crippen molar-refractivity contribution in [2.75, 3.05) is 0 Å². The summed E-state index contributed by atoms with van der Waals surface area (Å²) in [7, 11) is -3.36. The first-order valence-electron chi connectivity index (χ1n) is 7.00. The van der Waals surface area contributed by atoms with Crippen molar-refractivity contribution in [3.05, 3.63) is 0 Å². The summed E-state index contributed by atoms with van der Waals surface area (Å²) in [5.74, 6) is 0. The Morgan fingerprint density at radius 3 is 0.706 bits per heavy atom. The average Bonchev–Trinajstić information content (AvgIpc) is 1.67. The predicted molar refractivity (Wildman–Crippen MR) is 96.1 cm³/mol. The Kier molecular flexibility index (Phi) is 5.29. The molecule has 0 aromatic rings. The van der Waals surface area contributed by atoms with Gasteiger partial charge >= 0.3 is 120 Å². The molecule has 0 unspecified atom stereocenters. The molecule has 0 saturated heterocycles. The van der Waals surface area contributed by atoms with Crippen LogP contribution in [0.15, 0.2) is 0 Å². The van der Waals surface area contributed by atoms with Gasteiger partial charge in [-0.2, -0.15) is 0 Å². The van der Waals surface area contributed by atoms with E-state index in [4.69, 9.17) is 0 Å². The fourth-order valence-corrected chi connectivity index (χ4v) is 119.